The van der Waals surface area contributed by atoms with Crippen LogP contribution in [0, 0.1) is 0 Å². The number of thiophene rings is 1. The van der Waals surface area contributed by atoms with Crippen LogP contribution in [-0.4, -0.2) is 18.3 Å². The van der Waals surface area contributed by atoms with Crippen LogP contribution in [0.1, 0.15) is 29.2 Å². The number of para-hydroxylation sites is 1. The molecule has 1 aliphatic rings. The summed E-state index contributed by atoms with van der Waals surface area (Å²) in [5, 5.41) is 1.63. The molecule has 0 aliphatic heterocycles. The fraction of sp³-hybridized carbons (Fsp3) is 0.278. The van der Waals surface area contributed by atoms with Crippen molar-refractivity contribution in [2.75, 3.05) is 7.11 Å². The van der Waals surface area contributed by atoms with Gasteiger partial charge in [0.15, 0.2) is 5.78 Å². The zero-order chi connectivity index (χ0) is 15.5. The number of halogens is 1. The average molecular weight is 333 g/mol. The van der Waals surface area contributed by atoms with E-state index in [1.165, 1.54) is 4.88 Å². The van der Waals surface area contributed by atoms with Crippen molar-refractivity contribution in [2.45, 2.75) is 24.1 Å². The first kappa shape index (κ1) is 15.3. The number of alkyl halides is 1. The highest BCUT2D eigenvalue weighted by molar-refractivity contribution is 7.10. The summed E-state index contributed by atoms with van der Waals surface area (Å²) in [4.78, 5) is 13.7. The molecule has 0 N–H and O–H groups in total. The summed E-state index contributed by atoms with van der Waals surface area (Å²) in [6.07, 6.45) is 3.38. The van der Waals surface area contributed by atoms with Crippen LogP contribution in [0.5, 0.6) is 5.75 Å². The second-order valence-electron chi connectivity index (χ2n) is 5.40. The van der Waals surface area contributed by atoms with E-state index in [0.29, 0.717) is 12.3 Å². The topological polar surface area (TPSA) is 26.3 Å². The normalized spacial score (nSPS) is 23.7. The van der Waals surface area contributed by atoms with Gasteiger partial charge in [0.05, 0.1) is 12.5 Å². The van der Waals surface area contributed by atoms with E-state index < -0.39 is 5.38 Å². The molecule has 2 nitrogen and oxygen atoms in total. The van der Waals surface area contributed by atoms with Gasteiger partial charge in [0.25, 0.3) is 0 Å². The largest absolute Gasteiger partial charge is 0.496 e. The second kappa shape index (κ2) is 6.67. The molecule has 2 aromatic rings. The summed E-state index contributed by atoms with van der Waals surface area (Å²) in [6.45, 7) is 0. The van der Waals surface area contributed by atoms with Gasteiger partial charge >= 0.3 is 0 Å². The molecule has 1 saturated carbocycles. The predicted molar refractivity (Wildman–Crippen MR) is 91.9 cm³/mol. The summed E-state index contributed by atoms with van der Waals surface area (Å²) in [5.41, 5.74) is 1.71. The number of carbonyl (C=O) groups is 1. The Balaban J connectivity index is 1.93. The van der Waals surface area contributed by atoms with E-state index in [-0.39, 0.29) is 5.78 Å². The molecule has 0 amide bonds. The van der Waals surface area contributed by atoms with Crippen molar-refractivity contribution in [2.24, 2.45) is 0 Å². The summed E-state index contributed by atoms with van der Waals surface area (Å²) in [5.74, 6) is 1.13. The average Bonchev–Trinajstić information content (AvgIpc) is 3.06. The molecule has 0 saturated heterocycles. The summed E-state index contributed by atoms with van der Waals surface area (Å²) >= 11 is 8.02. The number of methoxy groups -OCH3 is 1. The molecule has 0 bridgehead atoms. The molecule has 1 aromatic heterocycles. The molecule has 1 fully saturated rings. The Morgan fingerprint density at radius 3 is 2.82 bits per heavy atom. The molecule has 114 valence electrons. The number of ketones is 1. The SMILES string of the molecule is COc1ccccc1C=C1CC(c2cccs2)CC(Cl)C1=O. The van der Waals surface area contributed by atoms with Crippen molar-refractivity contribution in [1.82, 2.24) is 0 Å². The van der Waals surface area contributed by atoms with Crippen LogP contribution in [0.4, 0.5) is 0 Å². The minimum absolute atomic E-state index is 0.0420. The van der Waals surface area contributed by atoms with Crippen LogP contribution < -0.4 is 4.74 Å². The highest BCUT2D eigenvalue weighted by atomic mass is 35.5. The van der Waals surface area contributed by atoms with Crippen molar-refractivity contribution in [3.63, 3.8) is 0 Å². The van der Waals surface area contributed by atoms with Crippen LogP contribution >= 0.6 is 22.9 Å². The van der Waals surface area contributed by atoms with Gasteiger partial charge in [-0.2, -0.15) is 0 Å². The van der Waals surface area contributed by atoms with E-state index in [4.69, 9.17) is 16.3 Å². The molecule has 0 spiro atoms. The Morgan fingerprint density at radius 1 is 1.27 bits per heavy atom. The number of rotatable bonds is 3. The lowest BCUT2D eigenvalue weighted by Crippen LogP contribution is -2.26. The van der Waals surface area contributed by atoms with E-state index in [9.17, 15) is 4.79 Å². The molecule has 1 aliphatic carbocycles. The molecule has 4 heteroatoms. The molecule has 1 aromatic carbocycles. The zero-order valence-corrected chi connectivity index (χ0v) is 13.9. The summed E-state index contributed by atoms with van der Waals surface area (Å²) in [6, 6.07) is 11.9. The van der Waals surface area contributed by atoms with Gasteiger partial charge in [0.2, 0.25) is 0 Å². The lowest BCUT2D eigenvalue weighted by molar-refractivity contribution is -0.116. The van der Waals surface area contributed by atoms with Crippen LogP contribution in [-0.2, 0) is 4.79 Å². The maximum absolute atomic E-state index is 12.4. The van der Waals surface area contributed by atoms with Crippen LogP contribution in [0.3, 0.4) is 0 Å². The lowest BCUT2D eigenvalue weighted by atomic mass is 9.82. The van der Waals surface area contributed by atoms with E-state index in [1.54, 1.807) is 18.4 Å². The number of carbonyl (C=O) groups excluding carboxylic acids is 1. The monoisotopic (exact) mass is 332 g/mol. The van der Waals surface area contributed by atoms with Gasteiger partial charge < -0.3 is 4.74 Å². The number of hydrogen-bond donors (Lipinski definition) is 0. The molecule has 2 unspecified atom stereocenters. The summed E-state index contributed by atoms with van der Waals surface area (Å²) < 4.78 is 5.36. The third-order valence-corrected chi connectivity index (χ3v) is 5.38. The maximum Gasteiger partial charge on any atom is 0.176 e. The van der Waals surface area contributed by atoms with E-state index >= 15 is 0 Å². The number of benzene rings is 1. The molecule has 2 atom stereocenters. The van der Waals surface area contributed by atoms with Gasteiger partial charge in [0, 0.05) is 10.4 Å². The number of Topliss-reactive ketones (excluding diaryl/α,β-unsaturated/α-hetero) is 1. The predicted octanol–water partition coefficient (Wildman–Crippen LogP) is 4.89. The zero-order valence-electron chi connectivity index (χ0n) is 12.3. The fourth-order valence-corrected chi connectivity index (χ4v) is 4.05. The van der Waals surface area contributed by atoms with E-state index in [1.807, 2.05) is 36.4 Å². The standard InChI is InChI=1S/C18H17ClO2S/c1-21-16-6-3-2-5-12(16)9-14-10-13(11-15(19)18(14)20)17-7-4-8-22-17/h2-9,13,15H,10-11H2,1H3. The Morgan fingerprint density at radius 2 is 2.09 bits per heavy atom. The van der Waals surface area contributed by atoms with Gasteiger partial charge in [-0.05, 0) is 47.9 Å². The Bertz CT molecular complexity index is 691. The van der Waals surface area contributed by atoms with Crippen molar-refractivity contribution >= 4 is 34.8 Å². The minimum Gasteiger partial charge on any atom is -0.496 e. The van der Waals surface area contributed by atoms with Gasteiger partial charge in [-0.1, -0.05) is 24.3 Å². The third-order valence-electron chi connectivity index (χ3n) is 3.97. The first-order valence-electron chi connectivity index (χ1n) is 7.24. The first-order valence-corrected chi connectivity index (χ1v) is 8.56. The first-order chi connectivity index (χ1) is 10.7. The van der Waals surface area contributed by atoms with Gasteiger partial charge in [0.1, 0.15) is 5.75 Å². The highest BCUT2D eigenvalue weighted by Crippen LogP contribution is 2.39. The number of ether oxygens (including phenoxy) is 1. The van der Waals surface area contributed by atoms with Crippen molar-refractivity contribution in [3.8, 4) is 5.75 Å². The van der Waals surface area contributed by atoms with Gasteiger partial charge in [-0.3, -0.25) is 4.79 Å². The number of hydrogen-bond acceptors (Lipinski definition) is 3. The second-order valence-corrected chi connectivity index (χ2v) is 6.90. The highest BCUT2D eigenvalue weighted by Gasteiger charge is 2.32. The maximum atomic E-state index is 12.4. The smallest absolute Gasteiger partial charge is 0.176 e. The van der Waals surface area contributed by atoms with Crippen LogP contribution in [0.2, 0.25) is 0 Å². The fourth-order valence-electron chi connectivity index (χ4n) is 2.85. The van der Waals surface area contributed by atoms with Crippen molar-refractivity contribution in [1.29, 1.82) is 0 Å². The van der Waals surface area contributed by atoms with Crippen molar-refractivity contribution < 1.29 is 9.53 Å². The molecule has 22 heavy (non-hydrogen) atoms. The van der Waals surface area contributed by atoms with Gasteiger partial charge in [-0.15, -0.1) is 22.9 Å². The van der Waals surface area contributed by atoms with Crippen molar-refractivity contribution in [3.05, 3.63) is 57.8 Å². The quantitative estimate of drug-likeness (QED) is 0.590. The van der Waals surface area contributed by atoms with Crippen LogP contribution in [0.15, 0.2) is 47.4 Å². The molecular formula is C18H17ClO2S. The molecule has 1 heterocycles. The van der Waals surface area contributed by atoms with E-state index in [2.05, 4.69) is 11.4 Å². The Labute approximate surface area is 139 Å². The summed E-state index contributed by atoms with van der Waals surface area (Å²) in [7, 11) is 1.64. The van der Waals surface area contributed by atoms with Crippen LogP contribution in [0.25, 0.3) is 6.08 Å². The molecular weight excluding hydrogens is 316 g/mol. The Hall–Kier alpha value is -1.58. The minimum atomic E-state index is -0.443. The van der Waals surface area contributed by atoms with Gasteiger partial charge in [-0.25, -0.2) is 0 Å². The Kier molecular flexibility index (Phi) is 4.65. The number of allylic oxidation sites excluding steroid dienone is 1. The third kappa shape index (κ3) is 3.11. The lowest BCUT2D eigenvalue weighted by Gasteiger charge is -2.26. The van der Waals surface area contributed by atoms with E-state index in [0.717, 1.165) is 23.3 Å². The molecule has 3 rings (SSSR count). The molecule has 0 radical (unpaired) electrons.